The molecule has 0 amide bonds. The molecule has 0 saturated heterocycles. The summed E-state index contributed by atoms with van der Waals surface area (Å²) in [5.41, 5.74) is 0.948. The lowest BCUT2D eigenvalue weighted by Crippen LogP contribution is -2.23. The van der Waals surface area contributed by atoms with Crippen LogP contribution in [-0.2, 0) is 33.1 Å². The Morgan fingerprint density at radius 2 is 1.00 bits per heavy atom. The van der Waals surface area contributed by atoms with Gasteiger partial charge in [-0.1, -0.05) is 65.7 Å². The molecule has 0 bridgehead atoms. The molecule has 0 saturated carbocycles. The summed E-state index contributed by atoms with van der Waals surface area (Å²) in [5, 5.41) is 9.29. The van der Waals surface area contributed by atoms with Gasteiger partial charge in [-0.05, 0) is 72.5 Å². The standard InChI is InChI=1S/C37H26Cl4F6N4O6S4/c38-18-6-8-26(24(40)14-18)50-32-20(10-16-12-28(58-34(16)32)60(52,53)54)30(48-50)22(36(42,43)44)4-2-1-3-5-23(37(45,46)47)31-21-11-17-13-29(61(55,56)57)59-35(17)33(21)51(49-31)27-9-7-19(39)15-25(27)41/h6-9,12-15,22-23H,1-5,10-11H2,(H,52,53,54)(H,55,56,57). The van der Waals surface area contributed by atoms with Crippen LogP contribution in [0.4, 0.5) is 26.3 Å². The van der Waals surface area contributed by atoms with Gasteiger partial charge in [-0.15, -0.1) is 22.7 Å². The summed E-state index contributed by atoms with van der Waals surface area (Å²) >= 11 is 26.4. The van der Waals surface area contributed by atoms with Crippen LogP contribution in [0.2, 0.25) is 20.1 Å². The van der Waals surface area contributed by atoms with E-state index in [1.807, 2.05) is 0 Å². The van der Waals surface area contributed by atoms with Crippen molar-refractivity contribution in [3.8, 4) is 32.5 Å². The third-order valence-electron chi connectivity index (χ3n) is 10.5. The molecular formula is C37H26Cl4F6N4O6S4. The predicted molar refractivity (Wildman–Crippen MR) is 220 cm³/mol. The number of aromatic nitrogens is 4. The van der Waals surface area contributed by atoms with Crippen LogP contribution in [0.3, 0.4) is 0 Å². The van der Waals surface area contributed by atoms with Gasteiger partial charge in [0.25, 0.3) is 0 Å². The topological polar surface area (TPSA) is 144 Å². The highest BCUT2D eigenvalue weighted by Gasteiger charge is 2.47. The molecule has 2 aromatic carbocycles. The Hall–Kier alpha value is -3.18. The van der Waals surface area contributed by atoms with Crippen molar-refractivity contribution in [1.82, 2.24) is 19.6 Å². The van der Waals surface area contributed by atoms with Crippen LogP contribution in [0.25, 0.3) is 32.5 Å². The zero-order valence-electron chi connectivity index (χ0n) is 30.5. The van der Waals surface area contributed by atoms with E-state index >= 15 is 0 Å². The molecule has 61 heavy (non-hydrogen) atoms. The fourth-order valence-corrected chi connectivity index (χ4v) is 12.7. The van der Waals surface area contributed by atoms with Crippen LogP contribution in [-0.4, -0.2) is 57.9 Å². The number of benzene rings is 2. The summed E-state index contributed by atoms with van der Waals surface area (Å²) in [5.74, 6) is -4.34. The maximum absolute atomic E-state index is 15.0. The SMILES string of the molecule is O=S(=O)(O)c1cc2c(s1)-c1c(c(C(CCCCCC(c3nn(-c4ccc(Cl)cc4Cl)c4c3Cc3cc(S(=O)(=O)O)sc3-4)C(F)(F)F)C(F)(F)F)nn1-c1ccc(Cl)cc1Cl)C2. The Morgan fingerprint density at radius 3 is 1.33 bits per heavy atom. The van der Waals surface area contributed by atoms with Crippen molar-refractivity contribution in [3.63, 3.8) is 0 Å². The third kappa shape index (κ3) is 8.37. The van der Waals surface area contributed by atoms with E-state index in [-0.39, 0.29) is 107 Å². The van der Waals surface area contributed by atoms with E-state index in [2.05, 4.69) is 10.2 Å². The molecule has 2 aliphatic carbocycles. The molecule has 2 aliphatic rings. The highest BCUT2D eigenvalue weighted by atomic mass is 35.5. The van der Waals surface area contributed by atoms with Gasteiger partial charge in [0.05, 0.1) is 65.8 Å². The third-order valence-corrected chi connectivity index (χ3v) is 16.5. The van der Waals surface area contributed by atoms with Crippen LogP contribution < -0.4 is 0 Å². The number of unbranched alkanes of at least 4 members (excludes halogenated alkanes) is 2. The highest BCUT2D eigenvalue weighted by Crippen LogP contribution is 2.52. The maximum Gasteiger partial charge on any atom is 0.397 e. The van der Waals surface area contributed by atoms with Crippen LogP contribution in [0.1, 0.15) is 77.6 Å². The fourth-order valence-electron chi connectivity index (χ4n) is 7.85. The molecule has 4 aromatic heterocycles. The molecular weight excluding hydrogens is 980 g/mol. The molecule has 8 rings (SSSR count). The number of hydrogen-bond donors (Lipinski definition) is 2. The second-order valence-electron chi connectivity index (χ2n) is 14.4. The average molecular weight is 1010 g/mol. The first-order valence-corrected chi connectivity index (χ1v) is 23.9. The first-order valence-electron chi connectivity index (χ1n) is 17.9. The zero-order valence-corrected chi connectivity index (χ0v) is 36.7. The number of halogens is 10. The largest absolute Gasteiger partial charge is 0.397 e. The van der Waals surface area contributed by atoms with Crippen molar-refractivity contribution in [1.29, 1.82) is 0 Å². The Balaban J connectivity index is 1.08. The molecule has 2 N–H and O–H groups in total. The lowest BCUT2D eigenvalue weighted by Gasteiger charge is -2.21. The van der Waals surface area contributed by atoms with Gasteiger partial charge in [-0.2, -0.15) is 53.4 Å². The van der Waals surface area contributed by atoms with Crippen LogP contribution >= 0.6 is 69.1 Å². The summed E-state index contributed by atoms with van der Waals surface area (Å²) in [6.07, 6.45) is -11.4. The fraction of sp³-hybridized carbons (Fsp3) is 0.297. The lowest BCUT2D eigenvalue weighted by atomic mass is 9.91. The van der Waals surface area contributed by atoms with E-state index in [0.717, 1.165) is 0 Å². The van der Waals surface area contributed by atoms with E-state index in [1.54, 1.807) is 0 Å². The van der Waals surface area contributed by atoms with Gasteiger partial charge in [0, 0.05) is 34.0 Å². The number of rotatable bonds is 12. The predicted octanol–water partition coefficient (Wildman–Crippen LogP) is 12.4. The molecule has 0 spiro atoms. The molecule has 2 atom stereocenters. The number of alkyl halides is 6. The van der Waals surface area contributed by atoms with Gasteiger partial charge in [0.15, 0.2) is 0 Å². The van der Waals surface area contributed by atoms with Crippen molar-refractivity contribution < 1.29 is 52.3 Å². The minimum atomic E-state index is -4.85. The van der Waals surface area contributed by atoms with Gasteiger partial charge in [0.2, 0.25) is 0 Å². The smallest absolute Gasteiger partial charge is 0.281 e. The number of hydrogen-bond acceptors (Lipinski definition) is 8. The summed E-state index contributed by atoms with van der Waals surface area (Å²) in [7, 11) is -9.28. The Bertz CT molecular complexity index is 2780. The summed E-state index contributed by atoms with van der Waals surface area (Å²) < 4.78 is 159. The maximum atomic E-state index is 15.0. The van der Waals surface area contributed by atoms with E-state index in [0.29, 0.717) is 33.8 Å². The van der Waals surface area contributed by atoms with Crippen molar-refractivity contribution in [2.45, 2.75) is 77.6 Å². The van der Waals surface area contributed by atoms with Gasteiger partial charge < -0.3 is 0 Å². The van der Waals surface area contributed by atoms with E-state index < -0.39 is 65.7 Å². The normalized spacial score (nSPS) is 14.9. The van der Waals surface area contributed by atoms with Crippen molar-refractivity contribution in [2.75, 3.05) is 0 Å². The molecule has 324 valence electrons. The van der Waals surface area contributed by atoms with Gasteiger partial charge in [0.1, 0.15) is 8.42 Å². The van der Waals surface area contributed by atoms with E-state index in [1.165, 1.54) is 57.9 Å². The Labute approximate surface area is 371 Å². The van der Waals surface area contributed by atoms with E-state index in [4.69, 9.17) is 46.4 Å². The number of fused-ring (bicyclic) bond motifs is 6. The molecule has 0 aliphatic heterocycles. The first kappa shape index (κ1) is 44.4. The second-order valence-corrected chi connectivity index (χ2v) is 21.5. The quantitative estimate of drug-likeness (QED) is 0.0699. The number of nitrogens with zero attached hydrogens (tertiary/aromatic N) is 4. The molecule has 24 heteroatoms. The molecule has 10 nitrogen and oxygen atoms in total. The van der Waals surface area contributed by atoms with Gasteiger partial charge >= 0.3 is 32.6 Å². The second kappa shape index (κ2) is 15.8. The number of thiophene rings is 2. The molecule has 4 heterocycles. The summed E-state index contributed by atoms with van der Waals surface area (Å²) in [6, 6.07) is 10.9. The Kier molecular flexibility index (Phi) is 11.5. The monoisotopic (exact) mass is 1000 g/mol. The molecule has 6 aromatic rings. The molecule has 2 unspecified atom stereocenters. The molecule has 0 radical (unpaired) electrons. The van der Waals surface area contributed by atoms with Gasteiger partial charge in [-0.3, -0.25) is 9.11 Å². The minimum Gasteiger partial charge on any atom is -0.281 e. The summed E-state index contributed by atoms with van der Waals surface area (Å²) in [6.45, 7) is 0. The molecule has 0 fully saturated rings. The van der Waals surface area contributed by atoms with Crippen LogP contribution in [0, 0.1) is 0 Å². The highest BCUT2D eigenvalue weighted by molar-refractivity contribution is 7.88. The van der Waals surface area contributed by atoms with E-state index in [9.17, 15) is 52.3 Å². The average Bonchev–Trinajstić information content (AvgIpc) is 3.95. The minimum absolute atomic E-state index is 0.0392. The lowest BCUT2D eigenvalue weighted by molar-refractivity contribution is -0.153. The first-order chi connectivity index (χ1) is 28.4. The summed E-state index contributed by atoms with van der Waals surface area (Å²) in [4.78, 5) is 0.542. The van der Waals surface area contributed by atoms with Gasteiger partial charge in [-0.25, -0.2) is 9.36 Å². The van der Waals surface area contributed by atoms with Crippen molar-refractivity contribution in [2.24, 2.45) is 0 Å². The van der Waals surface area contributed by atoms with Crippen molar-refractivity contribution >= 4 is 89.3 Å². The van der Waals surface area contributed by atoms with Crippen molar-refractivity contribution in [3.05, 3.63) is 102 Å². The Morgan fingerprint density at radius 1 is 0.623 bits per heavy atom. The van der Waals surface area contributed by atoms with Crippen LogP contribution in [0.5, 0.6) is 0 Å². The van der Waals surface area contributed by atoms with Crippen LogP contribution in [0.15, 0.2) is 56.9 Å². The zero-order chi connectivity index (χ0) is 44.1.